The monoisotopic (exact) mass is 338 g/mol. The minimum Gasteiger partial charge on any atom is -0.480 e. The van der Waals surface area contributed by atoms with Gasteiger partial charge in [-0.3, -0.25) is 9.59 Å². The van der Waals surface area contributed by atoms with Crippen molar-refractivity contribution in [3.8, 4) is 0 Å². The first kappa shape index (κ1) is 19.6. The van der Waals surface area contributed by atoms with Crippen molar-refractivity contribution in [3.63, 3.8) is 0 Å². The molecule has 1 aromatic carbocycles. The Morgan fingerprint density at radius 2 is 1.83 bits per heavy atom. The number of nitrogens with one attached hydrogen (secondary N) is 2. The maximum absolute atomic E-state index is 13.8. The normalized spacial score (nSPS) is 14.3. The molecule has 0 heterocycles. The molecule has 0 aromatic heterocycles. The van der Waals surface area contributed by atoms with Gasteiger partial charge in [0.15, 0.2) is 0 Å². The van der Waals surface area contributed by atoms with Crippen LogP contribution in [0.25, 0.3) is 0 Å². The number of halogens is 1. The molecule has 0 radical (unpaired) electrons. The summed E-state index contributed by atoms with van der Waals surface area (Å²) in [5.74, 6) is -3.02. The molecule has 2 amide bonds. The predicted octanol–water partition coefficient (Wildman–Crippen LogP) is 1.49. The average Bonchev–Trinajstić information content (AvgIpc) is 2.52. The van der Waals surface area contributed by atoms with Gasteiger partial charge in [-0.2, -0.15) is 0 Å². The van der Waals surface area contributed by atoms with Crippen LogP contribution in [0.4, 0.5) is 4.39 Å². The van der Waals surface area contributed by atoms with Gasteiger partial charge in [-0.25, -0.2) is 9.18 Å². The van der Waals surface area contributed by atoms with Crippen LogP contribution in [-0.2, 0) is 20.8 Å². The van der Waals surface area contributed by atoms with Crippen LogP contribution in [0.15, 0.2) is 24.3 Å². The van der Waals surface area contributed by atoms with Crippen molar-refractivity contribution < 1.29 is 23.9 Å². The molecule has 0 aliphatic rings. The zero-order chi connectivity index (χ0) is 18.3. The third-order valence-corrected chi connectivity index (χ3v) is 3.85. The van der Waals surface area contributed by atoms with Crippen molar-refractivity contribution >= 4 is 17.8 Å². The molecule has 0 unspecified atom stereocenters. The average molecular weight is 338 g/mol. The molecule has 0 saturated heterocycles. The van der Waals surface area contributed by atoms with E-state index in [1.54, 1.807) is 13.0 Å². The van der Waals surface area contributed by atoms with Gasteiger partial charge in [-0.1, -0.05) is 38.5 Å². The highest BCUT2D eigenvalue weighted by molar-refractivity contribution is 5.90. The van der Waals surface area contributed by atoms with Gasteiger partial charge < -0.3 is 15.7 Å². The molecule has 0 fully saturated rings. The maximum Gasteiger partial charge on any atom is 0.326 e. The van der Waals surface area contributed by atoms with Crippen molar-refractivity contribution in [1.82, 2.24) is 10.6 Å². The number of hydrogen-bond acceptors (Lipinski definition) is 3. The van der Waals surface area contributed by atoms with E-state index in [4.69, 9.17) is 0 Å². The fraction of sp³-hybridized carbons (Fsp3) is 0.471. The fourth-order valence-electron chi connectivity index (χ4n) is 2.28. The topological polar surface area (TPSA) is 95.5 Å². The minimum atomic E-state index is -1.15. The molecule has 3 atom stereocenters. The second-order valence-electron chi connectivity index (χ2n) is 5.76. The molecule has 132 valence electrons. The number of carboxylic acid groups (broad SMARTS) is 1. The summed E-state index contributed by atoms with van der Waals surface area (Å²) in [7, 11) is 0. The van der Waals surface area contributed by atoms with Crippen LogP contribution in [0.5, 0.6) is 0 Å². The first-order valence-electron chi connectivity index (χ1n) is 7.79. The molecule has 0 spiro atoms. The highest BCUT2D eigenvalue weighted by Crippen LogP contribution is 2.12. The zero-order valence-electron chi connectivity index (χ0n) is 14.0. The van der Waals surface area contributed by atoms with Crippen LogP contribution in [0, 0.1) is 11.7 Å². The summed E-state index contributed by atoms with van der Waals surface area (Å²) in [6, 6.07) is 3.80. The fourth-order valence-corrected chi connectivity index (χ4v) is 2.28. The van der Waals surface area contributed by atoms with E-state index < -0.39 is 35.7 Å². The summed E-state index contributed by atoms with van der Waals surface area (Å²) in [6.45, 7) is 4.77. The molecule has 3 N–H and O–H groups in total. The van der Waals surface area contributed by atoms with Crippen molar-refractivity contribution in [2.45, 2.75) is 45.7 Å². The number of benzene rings is 1. The van der Waals surface area contributed by atoms with Gasteiger partial charge in [0.05, 0.1) is 0 Å². The Kier molecular flexibility index (Phi) is 7.35. The Labute approximate surface area is 140 Å². The lowest BCUT2D eigenvalue weighted by molar-refractivity contribution is -0.143. The van der Waals surface area contributed by atoms with Gasteiger partial charge in [0.25, 0.3) is 0 Å². The molecular weight excluding hydrogens is 315 g/mol. The quantitative estimate of drug-likeness (QED) is 0.669. The molecule has 7 heteroatoms. The number of carbonyl (C=O) groups excluding carboxylic acids is 2. The molecule has 0 bridgehead atoms. The van der Waals surface area contributed by atoms with Gasteiger partial charge in [0, 0.05) is 13.3 Å². The van der Waals surface area contributed by atoms with E-state index in [2.05, 4.69) is 10.6 Å². The van der Waals surface area contributed by atoms with E-state index in [0.717, 1.165) is 0 Å². The van der Waals surface area contributed by atoms with E-state index in [1.165, 1.54) is 25.1 Å². The standard InChI is InChI=1S/C17H23FN2O4/c1-4-10(2)15(17(23)24)20-16(22)14(19-11(3)21)9-12-7-5-6-8-13(12)18/h5-8,10,14-15H,4,9H2,1-3H3,(H,19,21)(H,20,22)(H,23,24)/t10-,14-,15+/m0/s1. The van der Waals surface area contributed by atoms with E-state index in [-0.39, 0.29) is 17.9 Å². The Bertz CT molecular complexity index is 606. The number of carboxylic acids is 1. The van der Waals surface area contributed by atoms with E-state index in [0.29, 0.717) is 6.42 Å². The Hall–Kier alpha value is -2.44. The lowest BCUT2D eigenvalue weighted by atomic mass is 9.98. The molecule has 0 aliphatic heterocycles. The number of carbonyl (C=O) groups is 3. The Morgan fingerprint density at radius 3 is 2.33 bits per heavy atom. The van der Waals surface area contributed by atoms with Gasteiger partial charge in [-0.05, 0) is 17.5 Å². The van der Waals surface area contributed by atoms with Crippen molar-refractivity contribution in [2.75, 3.05) is 0 Å². The molecule has 0 saturated carbocycles. The van der Waals surface area contributed by atoms with E-state index in [1.807, 2.05) is 6.92 Å². The summed E-state index contributed by atoms with van der Waals surface area (Å²) in [5, 5.41) is 14.1. The summed E-state index contributed by atoms with van der Waals surface area (Å²) in [6.07, 6.45) is 0.500. The summed E-state index contributed by atoms with van der Waals surface area (Å²) in [4.78, 5) is 35.1. The number of hydrogen-bond donors (Lipinski definition) is 3. The molecule has 1 rings (SSSR count). The van der Waals surface area contributed by atoms with Crippen LogP contribution in [0.2, 0.25) is 0 Å². The highest BCUT2D eigenvalue weighted by atomic mass is 19.1. The van der Waals surface area contributed by atoms with Gasteiger partial charge in [0.2, 0.25) is 11.8 Å². The maximum atomic E-state index is 13.8. The second-order valence-corrected chi connectivity index (χ2v) is 5.76. The number of amides is 2. The molecule has 1 aromatic rings. The minimum absolute atomic E-state index is 0.0646. The largest absolute Gasteiger partial charge is 0.480 e. The van der Waals surface area contributed by atoms with Gasteiger partial charge in [0.1, 0.15) is 17.9 Å². The smallest absolute Gasteiger partial charge is 0.326 e. The molecule has 6 nitrogen and oxygen atoms in total. The third kappa shape index (κ3) is 5.64. The lowest BCUT2D eigenvalue weighted by Gasteiger charge is -2.24. The van der Waals surface area contributed by atoms with Crippen LogP contribution in [0.1, 0.15) is 32.8 Å². The van der Waals surface area contributed by atoms with Crippen LogP contribution < -0.4 is 10.6 Å². The first-order valence-corrected chi connectivity index (χ1v) is 7.79. The summed E-state index contributed by atoms with van der Waals surface area (Å²) < 4.78 is 13.8. The number of aliphatic carboxylic acids is 1. The molecular formula is C17H23FN2O4. The second kappa shape index (κ2) is 9.00. The summed E-state index contributed by atoms with van der Waals surface area (Å²) in [5.41, 5.74) is 0.266. The third-order valence-electron chi connectivity index (χ3n) is 3.85. The van der Waals surface area contributed by atoms with Crippen LogP contribution >= 0.6 is 0 Å². The van der Waals surface area contributed by atoms with Crippen LogP contribution in [-0.4, -0.2) is 35.0 Å². The van der Waals surface area contributed by atoms with Crippen LogP contribution in [0.3, 0.4) is 0 Å². The Balaban J connectivity index is 2.94. The Morgan fingerprint density at radius 1 is 1.21 bits per heavy atom. The van der Waals surface area contributed by atoms with Crippen molar-refractivity contribution in [2.24, 2.45) is 5.92 Å². The van der Waals surface area contributed by atoms with Crippen molar-refractivity contribution in [1.29, 1.82) is 0 Å². The number of rotatable bonds is 8. The van der Waals surface area contributed by atoms with Gasteiger partial charge >= 0.3 is 5.97 Å². The predicted molar refractivity (Wildman–Crippen MR) is 86.7 cm³/mol. The SMILES string of the molecule is CC[C@H](C)[C@@H](NC(=O)[C@H](Cc1ccccc1F)NC(C)=O)C(=O)O. The molecule has 24 heavy (non-hydrogen) atoms. The van der Waals surface area contributed by atoms with Gasteiger partial charge in [-0.15, -0.1) is 0 Å². The van der Waals surface area contributed by atoms with E-state index >= 15 is 0 Å². The first-order chi connectivity index (χ1) is 11.3. The van der Waals surface area contributed by atoms with E-state index in [9.17, 15) is 23.9 Å². The zero-order valence-corrected chi connectivity index (χ0v) is 14.0. The highest BCUT2D eigenvalue weighted by Gasteiger charge is 2.29. The van der Waals surface area contributed by atoms with Crippen molar-refractivity contribution in [3.05, 3.63) is 35.6 Å². The molecule has 0 aliphatic carbocycles. The summed E-state index contributed by atoms with van der Waals surface area (Å²) >= 11 is 0. The lowest BCUT2D eigenvalue weighted by Crippen LogP contribution is -2.53.